The van der Waals surface area contributed by atoms with Crippen molar-refractivity contribution in [2.24, 2.45) is 5.92 Å². The molecule has 0 radical (unpaired) electrons. The molecule has 0 atom stereocenters. The van der Waals surface area contributed by atoms with E-state index in [4.69, 9.17) is 23.7 Å². The normalized spacial score (nSPS) is 11.9. The molecule has 252 valence electrons. The molecule has 3 aromatic rings. The second-order valence-corrected chi connectivity index (χ2v) is 13.8. The topological polar surface area (TPSA) is 97.4 Å². The molecule has 0 aliphatic heterocycles. The van der Waals surface area contributed by atoms with E-state index in [2.05, 4.69) is 34.3 Å². The maximum Gasteiger partial charge on any atom is 0.343 e. The molecule has 0 bridgehead atoms. The van der Waals surface area contributed by atoms with Gasteiger partial charge in [0, 0.05) is 6.08 Å². The lowest BCUT2D eigenvalue weighted by molar-refractivity contribution is -0.151. The second-order valence-electron chi connectivity index (χ2n) is 13.8. The van der Waals surface area contributed by atoms with Crippen LogP contribution in [-0.4, -0.2) is 34.7 Å². The van der Waals surface area contributed by atoms with Gasteiger partial charge >= 0.3 is 17.9 Å². The minimum absolute atomic E-state index is 0.303. The summed E-state index contributed by atoms with van der Waals surface area (Å²) in [5.74, 6) is 0.988. The van der Waals surface area contributed by atoms with Crippen molar-refractivity contribution in [2.45, 2.75) is 97.9 Å². The predicted octanol–water partition coefficient (Wildman–Crippen LogP) is 9.16. The van der Waals surface area contributed by atoms with Crippen LogP contribution in [0.1, 0.15) is 102 Å². The molecule has 0 saturated heterocycles. The monoisotopic (exact) mass is 644 g/mol. The number of benzene rings is 3. The molecule has 0 saturated carbocycles. The van der Waals surface area contributed by atoms with E-state index in [0.717, 1.165) is 18.9 Å². The van der Waals surface area contributed by atoms with Gasteiger partial charge in [-0.3, -0.25) is 0 Å². The average Bonchev–Trinajstić information content (AvgIpc) is 3.00. The average molecular weight is 645 g/mol. The first kappa shape index (κ1) is 36.9. The van der Waals surface area contributed by atoms with Crippen LogP contribution in [-0.2, 0) is 9.53 Å². The first-order valence-corrected chi connectivity index (χ1v) is 15.9. The SMILES string of the molecule is C=CC(=O)OC(C)(C)CCC(C)(C)Oc1ccc(C(=O)Oc2ccc(OC(=O)c3ccc(OC(C)(C)CCC(C)C)cc3)cc2)cc1. The Kier molecular flexibility index (Phi) is 12.4. The van der Waals surface area contributed by atoms with Crippen LogP contribution in [0.5, 0.6) is 23.0 Å². The van der Waals surface area contributed by atoms with Crippen molar-refractivity contribution in [3.05, 3.63) is 96.6 Å². The Morgan fingerprint density at radius 2 is 0.957 bits per heavy atom. The Hall–Kier alpha value is -4.59. The van der Waals surface area contributed by atoms with E-state index in [9.17, 15) is 14.4 Å². The molecule has 0 N–H and O–H groups in total. The van der Waals surface area contributed by atoms with Gasteiger partial charge in [0.1, 0.15) is 39.8 Å². The van der Waals surface area contributed by atoms with Gasteiger partial charge in [0.25, 0.3) is 0 Å². The predicted molar refractivity (Wildman–Crippen MR) is 182 cm³/mol. The van der Waals surface area contributed by atoms with E-state index in [0.29, 0.717) is 52.9 Å². The molecule has 3 rings (SSSR count). The quantitative estimate of drug-likeness (QED) is 0.0865. The zero-order valence-electron chi connectivity index (χ0n) is 28.9. The number of hydrogen-bond acceptors (Lipinski definition) is 8. The van der Waals surface area contributed by atoms with E-state index >= 15 is 0 Å². The lowest BCUT2D eigenvalue weighted by Gasteiger charge is -2.31. The lowest BCUT2D eigenvalue weighted by atomic mass is 9.93. The van der Waals surface area contributed by atoms with Crippen LogP contribution in [0.2, 0.25) is 0 Å². The third-order valence-corrected chi connectivity index (χ3v) is 7.41. The number of esters is 3. The molecule has 8 heteroatoms. The molecule has 0 spiro atoms. The van der Waals surface area contributed by atoms with Crippen LogP contribution in [0.15, 0.2) is 85.5 Å². The summed E-state index contributed by atoms with van der Waals surface area (Å²) in [6.45, 7) is 19.5. The molecule has 3 aromatic carbocycles. The molecular weight excluding hydrogens is 596 g/mol. The van der Waals surface area contributed by atoms with Crippen molar-refractivity contribution in [3.8, 4) is 23.0 Å². The van der Waals surface area contributed by atoms with Gasteiger partial charge in [0.15, 0.2) is 0 Å². The van der Waals surface area contributed by atoms with Crippen molar-refractivity contribution in [2.75, 3.05) is 0 Å². The van der Waals surface area contributed by atoms with Gasteiger partial charge in [-0.2, -0.15) is 0 Å². The van der Waals surface area contributed by atoms with E-state index in [-0.39, 0.29) is 5.60 Å². The Morgan fingerprint density at radius 3 is 1.34 bits per heavy atom. The van der Waals surface area contributed by atoms with Crippen LogP contribution in [0.4, 0.5) is 0 Å². The van der Waals surface area contributed by atoms with Gasteiger partial charge in [-0.15, -0.1) is 0 Å². The van der Waals surface area contributed by atoms with E-state index in [1.54, 1.807) is 72.8 Å². The van der Waals surface area contributed by atoms with Crippen LogP contribution >= 0.6 is 0 Å². The van der Waals surface area contributed by atoms with Crippen molar-refractivity contribution in [1.82, 2.24) is 0 Å². The first-order valence-electron chi connectivity index (χ1n) is 15.9. The highest BCUT2D eigenvalue weighted by molar-refractivity contribution is 5.92. The fourth-order valence-electron chi connectivity index (χ4n) is 4.57. The molecule has 8 nitrogen and oxygen atoms in total. The Balaban J connectivity index is 1.50. The van der Waals surface area contributed by atoms with E-state index in [1.807, 2.05) is 27.7 Å². The van der Waals surface area contributed by atoms with Crippen LogP contribution in [0, 0.1) is 5.92 Å². The molecule has 0 fully saturated rings. The maximum absolute atomic E-state index is 12.8. The lowest BCUT2D eigenvalue weighted by Crippen LogP contribution is -2.34. The molecule has 0 heterocycles. The molecule has 0 unspecified atom stereocenters. The fourth-order valence-corrected chi connectivity index (χ4v) is 4.57. The first-order chi connectivity index (χ1) is 22.0. The summed E-state index contributed by atoms with van der Waals surface area (Å²) in [4.78, 5) is 37.0. The van der Waals surface area contributed by atoms with Crippen molar-refractivity contribution in [3.63, 3.8) is 0 Å². The summed E-state index contributed by atoms with van der Waals surface area (Å²) in [6.07, 6.45) is 4.35. The van der Waals surface area contributed by atoms with Gasteiger partial charge in [-0.25, -0.2) is 14.4 Å². The number of hydrogen-bond donors (Lipinski definition) is 0. The van der Waals surface area contributed by atoms with Crippen molar-refractivity contribution < 1.29 is 38.1 Å². The Labute approximate surface area is 279 Å². The second kappa shape index (κ2) is 15.8. The van der Waals surface area contributed by atoms with Crippen molar-refractivity contribution >= 4 is 17.9 Å². The molecule has 0 amide bonds. The largest absolute Gasteiger partial charge is 0.488 e. The zero-order valence-corrected chi connectivity index (χ0v) is 28.9. The molecule has 0 aliphatic rings. The molecule has 47 heavy (non-hydrogen) atoms. The molecule has 0 aliphatic carbocycles. The fraction of sp³-hybridized carbons (Fsp3) is 0.410. The van der Waals surface area contributed by atoms with Gasteiger partial charge in [-0.1, -0.05) is 20.4 Å². The Morgan fingerprint density at radius 1 is 0.596 bits per heavy atom. The summed E-state index contributed by atoms with van der Waals surface area (Å²) in [6, 6.07) is 19.8. The highest BCUT2D eigenvalue weighted by Gasteiger charge is 2.28. The molecular formula is C39H48O8. The minimum atomic E-state index is -0.661. The highest BCUT2D eigenvalue weighted by Crippen LogP contribution is 2.28. The van der Waals surface area contributed by atoms with Crippen LogP contribution < -0.4 is 18.9 Å². The molecule has 0 aromatic heterocycles. The summed E-state index contributed by atoms with van der Waals surface area (Å²) in [5, 5.41) is 0. The van der Waals surface area contributed by atoms with Gasteiger partial charge < -0.3 is 23.7 Å². The maximum atomic E-state index is 12.8. The third kappa shape index (κ3) is 12.6. The van der Waals surface area contributed by atoms with Crippen LogP contribution in [0.3, 0.4) is 0 Å². The van der Waals surface area contributed by atoms with Gasteiger partial charge in [0.2, 0.25) is 0 Å². The van der Waals surface area contributed by atoms with Gasteiger partial charge in [0.05, 0.1) is 11.1 Å². The number of ether oxygens (including phenoxy) is 5. The number of carbonyl (C=O) groups excluding carboxylic acids is 3. The highest BCUT2D eigenvalue weighted by atomic mass is 16.6. The smallest absolute Gasteiger partial charge is 0.343 e. The standard InChI is InChI=1S/C39H48O8/c1-10-34(40)47-39(8,9)26-25-38(6,7)46-33-17-13-29(14-18-33)36(42)44-31-21-19-30(20-22-31)43-35(41)28-11-15-32(16-12-28)45-37(4,5)24-23-27(2)3/h10-22,27H,1,23-26H2,2-9H3. The minimum Gasteiger partial charge on any atom is -0.488 e. The summed E-state index contributed by atoms with van der Waals surface area (Å²) < 4.78 is 28.7. The van der Waals surface area contributed by atoms with Gasteiger partial charge in [-0.05, 0) is 146 Å². The van der Waals surface area contributed by atoms with E-state index < -0.39 is 29.1 Å². The third-order valence-electron chi connectivity index (χ3n) is 7.41. The Bertz CT molecular complexity index is 1500. The van der Waals surface area contributed by atoms with Crippen LogP contribution in [0.25, 0.3) is 0 Å². The number of carbonyl (C=O) groups is 3. The van der Waals surface area contributed by atoms with Crippen molar-refractivity contribution in [1.29, 1.82) is 0 Å². The summed E-state index contributed by atoms with van der Waals surface area (Å²) in [5.41, 5.74) is -0.782. The summed E-state index contributed by atoms with van der Waals surface area (Å²) >= 11 is 0. The summed E-state index contributed by atoms with van der Waals surface area (Å²) in [7, 11) is 0. The van der Waals surface area contributed by atoms with E-state index in [1.165, 1.54) is 0 Å². The number of rotatable bonds is 16. The zero-order chi connectivity index (χ0) is 34.8.